The molecule has 0 bridgehead atoms. The van der Waals surface area contributed by atoms with E-state index < -0.39 is 16.4 Å². The Hall–Kier alpha value is 0.0700. The van der Waals surface area contributed by atoms with E-state index in [0.29, 0.717) is 12.3 Å². The van der Waals surface area contributed by atoms with Crippen LogP contribution in [-0.4, -0.2) is 39.5 Å². The first-order chi connectivity index (χ1) is 7.16. The molecule has 0 amide bonds. The zero-order chi connectivity index (χ0) is 11.1. The van der Waals surface area contributed by atoms with Crippen LogP contribution in [0.15, 0.2) is 0 Å². The standard InChI is InChI=1S/C11H23NO2S/c1-2-15(14)9-8-12-10-11(13)6-4-3-5-7-11/h12-13H,2-10H2,1H3. The predicted molar refractivity (Wildman–Crippen MR) is 64.5 cm³/mol. The molecule has 1 saturated carbocycles. The Morgan fingerprint density at radius 2 is 2.00 bits per heavy atom. The minimum Gasteiger partial charge on any atom is -0.389 e. The number of nitrogens with one attached hydrogen (secondary N) is 1. The third-order valence-electron chi connectivity index (χ3n) is 3.07. The monoisotopic (exact) mass is 233 g/mol. The van der Waals surface area contributed by atoms with Gasteiger partial charge in [0.2, 0.25) is 0 Å². The molecule has 2 N–H and O–H groups in total. The normalized spacial score (nSPS) is 22.5. The van der Waals surface area contributed by atoms with E-state index in [1.54, 1.807) is 0 Å². The van der Waals surface area contributed by atoms with Crippen molar-refractivity contribution in [1.29, 1.82) is 0 Å². The average molecular weight is 233 g/mol. The molecule has 1 aliphatic rings. The van der Waals surface area contributed by atoms with Crippen LogP contribution in [0.3, 0.4) is 0 Å². The zero-order valence-electron chi connectivity index (χ0n) is 9.63. The number of hydrogen-bond donors (Lipinski definition) is 2. The summed E-state index contributed by atoms with van der Waals surface area (Å²) in [4.78, 5) is 0. The van der Waals surface area contributed by atoms with Gasteiger partial charge >= 0.3 is 0 Å². The summed E-state index contributed by atoms with van der Waals surface area (Å²) < 4.78 is 11.2. The largest absolute Gasteiger partial charge is 0.389 e. The molecule has 90 valence electrons. The Kier molecular flexibility index (Phi) is 5.79. The average Bonchev–Trinajstić information content (AvgIpc) is 2.25. The molecule has 0 aliphatic heterocycles. The van der Waals surface area contributed by atoms with Gasteiger partial charge in [-0.1, -0.05) is 26.2 Å². The van der Waals surface area contributed by atoms with Gasteiger partial charge in [-0.25, -0.2) is 0 Å². The molecule has 0 aromatic heterocycles. The zero-order valence-corrected chi connectivity index (χ0v) is 10.4. The van der Waals surface area contributed by atoms with Crippen LogP contribution in [0, 0.1) is 0 Å². The lowest BCUT2D eigenvalue weighted by Gasteiger charge is -2.32. The third kappa shape index (κ3) is 5.09. The fourth-order valence-electron chi connectivity index (χ4n) is 2.04. The summed E-state index contributed by atoms with van der Waals surface area (Å²) in [5, 5.41) is 13.4. The van der Waals surface area contributed by atoms with Gasteiger partial charge in [-0.05, 0) is 12.8 Å². The van der Waals surface area contributed by atoms with Gasteiger partial charge in [-0.15, -0.1) is 0 Å². The summed E-state index contributed by atoms with van der Waals surface area (Å²) in [7, 11) is -0.691. The second kappa shape index (κ2) is 6.61. The molecule has 1 rings (SSSR count). The molecule has 0 radical (unpaired) electrons. The van der Waals surface area contributed by atoms with E-state index in [-0.39, 0.29) is 0 Å². The molecule has 15 heavy (non-hydrogen) atoms. The van der Waals surface area contributed by atoms with Crippen LogP contribution >= 0.6 is 0 Å². The summed E-state index contributed by atoms with van der Waals surface area (Å²) in [5.74, 6) is 1.43. The second-order valence-corrected chi connectivity index (χ2v) is 6.26. The third-order valence-corrected chi connectivity index (χ3v) is 4.37. The van der Waals surface area contributed by atoms with Crippen molar-refractivity contribution in [3.63, 3.8) is 0 Å². The van der Waals surface area contributed by atoms with Crippen molar-refractivity contribution >= 4 is 10.8 Å². The van der Waals surface area contributed by atoms with Crippen LogP contribution < -0.4 is 5.32 Å². The van der Waals surface area contributed by atoms with E-state index >= 15 is 0 Å². The lowest BCUT2D eigenvalue weighted by Crippen LogP contribution is -2.43. The maximum absolute atomic E-state index is 11.2. The van der Waals surface area contributed by atoms with Crippen molar-refractivity contribution < 1.29 is 9.32 Å². The van der Waals surface area contributed by atoms with Gasteiger partial charge in [0, 0.05) is 35.4 Å². The quantitative estimate of drug-likeness (QED) is 0.674. The van der Waals surface area contributed by atoms with Gasteiger partial charge in [-0.3, -0.25) is 4.21 Å². The van der Waals surface area contributed by atoms with E-state index in [1.807, 2.05) is 6.92 Å². The van der Waals surface area contributed by atoms with Crippen molar-refractivity contribution in [3.05, 3.63) is 0 Å². The molecule has 4 heteroatoms. The Morgan fingerprint density at radius 1 is 1.33 bits per heavy atom. The highest BCUT2D eigenvalue weighted by molar-refractivity contribution is 7.84. The van der Waals surface area contributed by atoms with E-state index in [2.05, 4.69) is 5.32 Å². The molecule has 0 aromatic rings. The summed E-state index contributed by atoms with van der Waals surface area (Å²) in [6, 6.07) is 0. The van der Waals surface area contributed by atoms with E-state index in [0.717, 1.165) is 38.0 Å². The summed E-state index contributed by atoms with van der Waals surface area (Å²) in [6.07, 6.45) is 5.36. The van der Waals surface area contributed by atoms with Crippen molar-refractivity contribution in [2.24, 2.45) is 0 Å². The minimum absolute atomic E-state index is 0.494. The Labute approximate surface area is 95.1 Å². The van der Waals surface area contributed by atoms with Crippen molar-refractivity contribution in [2.45, 2.75) is 44.6 Å². The van der Waals surface area contributed by atoms with E-state index in [1.165, 1.54) is 6.42 Å². The Morgan fingerprint density at radius 3 is 2.60 bits per heavy atom. The van der Waals surface area contributed by atoms with Crippen LogP contribution in [0.25, 0.3) is 0 Å². The fourth-order valence-corrected chi connectivity index (χ4v) is 2.70. The Balaban J connectivity index is 2.10. The number of rotatable bonds is 6. The molecular weight excluding hydrogens is 210 g/mol. The van der Waals surface area contributed by atoms with Gasteiger partial charge in [-0.2, -0.15) is 0 Å². The lowest BCUT2D eigenvalue weighted by atomic mass is 9.85. The van der Waals surface area contributed by atoms with E-state index in [9.17, 15) is 9.32 Å². The second-order valence-electron chi connectivity index (χ2n) is 4.39. The van der Waals surface area contributed by atoms with Gasteiger partial charge in [0.15, 0.2) is 0 Å². The molecule has 1 fully saturated rings. The highest BCUT2D eigenvalue weighted by Gasteiger charge is 2.28. The minimum atomic E-state index is -0.691. The van der Waals surface area contributed by atoms with Gasteiger partial charge in [0.05, 0.1) is 5.60 Å². The molecule has 1 aliphatic carbocycles. The SMILES string of the molecule is CCS(=O)CCNCC1(O)CCCCC1. The molecule has 3 nitrogen and oxygen atoms in total. The molecule has 0 saturated heterocycles. The van der Waals surface area contributed by atoms with Crippen molar-refractivity contribution in [1.82, 2.24) is 5.32 Å². The van der Waals surface area contributed by atoms with Crippen LogP contribution in [0.5, 0.6) is 0 Å². The van der Waals surface area contributed by atoms with Crippen LogP contribution in [0.1, 0.15) is 39.0 Å². The Bertz CT molecular complexity index is 203. The van der Waals surface area contributed by atoms with Crippen molar-refractivity contribution in [2.75, 3.05) is 24.6 Å². The smallest absolute Gasteiger partial charge is 0.0771 e. The predicted octanol–water partition coefficient (Wildman–Crippen LogP) is 1.04. The molecular formula is C11H23NO2S. The molecule has 0 aromatic carbocycles. The number of aliphatic hydroxyl groups is 1. The maximum Gasteiger partial charge on any atom is 0.0771 e. The first-order valence-corrected chi connectivity index (χ1v) is 7.43. The van der Waals surface area contributed by atoms with Gasteiger partial charge in [0.1, 0.15) is 0 Å². The molecule has 0 spiro atoms. The molecule has 0 heterocycles. The van der Waals surface area contributed by atoms with Crippen LogP contribution in [0.4, 0.5) is 0 Å². The fraction of sp³-hybridized carbons (Fsp3) is 1.00. The summed E-state index contributed by atoms with van der Waals surface area (Å²) >= 11 is 0. The van der Waals surface area contributed by atoms with Crippen LogP contribution in [-0.2, 0) is 10.8 Å². The van der Waals surface area contributed by atoms with Crippen molar-refractivity contribution in [3.8, 4) is 0 Å². The molecule has 1 unspecified atom stereocenters. The topological polar surface area (TPSA) is 49.3 Å². The number of hydrogen-bond acceptors (Lipinski definition) is 3. The summed E-state index contributed by atoms with van der Waals surface area (Å²) in [6.45, 7) is 3.35. The first kappa shape index (κ1) is 13.1. The molecule has 1 atom stereocenters. The maximum atomic E-state index is 11.2. The first-order valence-electron chi connectivity index (χ1n) is 5.94. The highest BCUT2D eigenvalue weighted by atomic mass is 32.2. The highest BCUT2D eigenvalue weighted by Crippen LogP contribution is 2.27. The summed E-state index contributed by atoms with van der Waals surface area (Å²) in [5.41, 5.74) is -0.494. The lowest BCUT2D eigenvalue weighted by molar-refractivity contribution is 0.00545. The van der Waals surface area contributed by atoms with Gasteiger partial charge < -0.3 is 10.4 Å². The van der Waals surface area contributed by atoms with Gasteiger partial charge in [0.25, 0.3) is 0 Å². The van der Waals surface area contributed by atoms with E-state index in [4.69, 9.17) is 0 Å². The van der Waals surface area contributed by atoms with Crippen LogP contribution in [0.2, 0.25) is 0 Å².